The van der Waals surface area contributed by atoms with Crippen molar-refractivity contribution in [1.29, 1.82) is 0 Å². The fraction of sp³-hybridized carbons (Fsp3) is 0.294. The molecule has 3 heteroatoms. The Bertz CT molecular complexity index is 490. The first-order valence-electron chi connectivity index (χ1n) is 6.98. The molecule has 2 aromatic rings. The minimum atomic E-state index is 0. The highest BCUT2D eigenvalue weighted by atomic mass is 35.5. The number of halogens is 1. The van der Waals surface area contributed by atoms with Crippen molar-refractivity contribution >= 4 is 23.8 Å². The third-order valence-electron chi connectivity index (χ3n) is 4.32. The van der Waals surface area contributed by atoms with E-state index in [1.807, 2.05) is 0 Å². The van der Waals surface area contributed by atoms with Crippen LogP contribution >= 0.6 is 12.4 Å². The summed E-state index contributed by atoms with van der Waals surface area (Å²) in [5.74, 6) is 0. The van der Waals surface area contributed by atoms with Gasteiger partial charge in [-0.3, -0.25) is 4.48 Å². The molecular weight excluding hydrogens is 270 g/mol. The molecule has 1 aliphatic heterocycles. The zero-order valence-electron chi connectivity index (χ0n) is 11.5. The molecule has 1 atom stereocenters. The van der Waals surface area contributed by atoms with Crippen molar-refractivity contribution in [1.82, 2.24) is 4.48 Å². The predicted molar refractivity (Wildman–Crippen MR) is 86.6 cm³/mol. The van der Waals surface area contributed by atoms with Gasteiger partial charge in [0.2, 0.25) is 0 Å². The molecule has 0 aliphatic carbocycles. The van der Waals surface area contributed by atoms with E-state index >= 15 is 0 Å². The Balaban J connectivity index is 0.00000147. The van der Waals surface area contributed by atoms with E-state index in [4.69, 9.17) is 0 Å². The Morgan fingerprint density at radius 1 is 0.900 bits per heavy atom. The molecule has 0 amide bonds. The Hall–Kier alpha value is -1.35. The summed E-state index contributed by atoms with van der Waals surface area (Å²) in [6.45, 7) is 1.31. The van der Waals surface area contributed by atoms with E-state index in [2.05, 4.69) is 60.7 Å². The summed E-state index contributed by atoms with van der Waals surface area (Å²) in [5, 5.41) is 9.81. The van der Waals surface area contributed by atoms with Gasteiger partial charge in [0.1, 0.15) is 17.4 Å². The normalized spacial score (nSPS) is 20.4. The summed E-state index contributed by atoms with van der Waals surface area (Å²) >= 11 is 0. The third kappa shape index (κ3) is 2.35. The lowest BCUT2D eigenvalue weighted by Gasteiger charge is -2.38. The first-order valence-corrected chi connectivity index (χ1v) is 6.98. The molecule has 1 fully saturated rings. The van der Waals surface area contributed by atoms with E-state index in [9.17, 15) is 5.11 Å². The first-order chi connectivity index (χ1) is 9.38. The Labute approximate surface area is 126 Å². The van der Waals surface area contributed by atoms with Crippen molar-refractivity contribution in [2.24, 2.45) is 0 Å². The predicted octanol–water partition coefficient (Wildman–Crippen LogP) is 3.90. The molecule has 0 saturated carbocycles. The zero-order chi connectivity index (χ0) is 13.1. The van der Waals surface area contributed by atoms with Crippen molar-refractivity contribution < 1.29 is 5.11 Å². The van der Waals surface area contributed by atoms with Crippen molar-refractivity contribution in [3.8, 4) is 0 Å². The molecule has 20 heavy (non-hydrogen) atoms. The SMILES string of the molecule is Cl.OC[C@@H]1CCC[N+]1(c1ccccc1)c1ccccc1. The third-order valence-corrected chi connectivity index (χ3v) is 4.32. The number of benzene rings is 2. The van der Waals surface area contributed by atoms with Gasteiger partial charge in [0.25, 0.3) is 0 Å². The maximum absolute atomic E-state index is 9.81. The van der Waals surface area contributed by atoms with Gasteiger partial charge in [-0.2, -0.15) is 0 Å². The Kier molecular flexibility index (Phi) is 4.81. The molecule has 0 aromatic heterocycles. The highest BCUT2D eigenvalue weighted by Gasteiger charge is 2.45. The molecule has 1 N–H and O–H groups in total. The molecular formula is C17H21ClNO+. The molecule has 0 radical (unpaired) electrons. The Morgan fingerprint density at radius 2 is 1.40 bits per heavy atom. The van der Waals surface area contributed by atoms with Gasteiger partial charge in [-0.05, 0) is 24.3 Å². The van der Waals surface area contributed by atoms with Crippen molar-refractivity contribution in [3.63, 3.8) is 0 Å². The largest absolute Gasteiger partial charge is 0.390 e. The number of hydrogen-bond acceptors (Lipinski definition) is 1. The molecule has 0 unspecified atom stereocenters. The lowest BCUT2D eigenvalue weighted by atomic mass is 10.1. The van der Waals surface area contributed by atoms with Crippen LogP contribution in [0.2, 0.25) is 0 Å². The van der Waals surface area contributed by atoms with Gasteiger partial charge in [0.05, 0.1) is 13.2 Å². The summed E-state index contributed by atoms with van der Waals surface area (Å²) in [7, 11) is 0. The zero-order valence-corrected chi connectivity index (χ0v) is 12.3. The topological polar surface area (TPSA) is 20.2 Å². The van der Waals surface area contributed by atoms with Crippen LogP contribution < -0.4 is 4.48 Å². The molecule has 2 nitrogen and oxygen atoms in total. The number of para-hydroxylation sites is 2. The second kappa shape index (κ2) is 6.40. The molecule has 1 aliphatic rings. The van der Waals surface area contributed by atoms with Gasteiger partial charge >= 0.3 is 0 Å². The maximum atomic E-state index is 9.81. The fourth-order valence-electron chi connectivity index (χ4n) is 3.43. The highest BCUT2D eigenvalue weighted by Crippen LogP contribution is 2.42. The van der Waals surface area contributed by atoms with Crippen LogP contribution in [0.1, 0.15) is 12.8 Å². The summed E-state index contributed by atoms with van der Waals surface area (Å²) in [4.78, 5) is 0. The van der Waals surface area contributed by atoms with Crippen LogP contribution in [0.15, 0.2) is 60.7 Å². The van der Waals surface area contributed by atoms with Crippen LogP contribution in [-0.4, -0.2) is 24.3 Å². The van der Waals surface area contributed by atoms with E-state index in [-0.39, 0.29) is 25.1 Å². The van der Waals surface area contributed by atoms with E-state index in [0.29, 0.717) is 0 Å². The number of hydrogen-bond donors (Lipinski definition) is 1. The maximum Gasteiger partial charge on any atom is 0.138 e. The number of nitrogens with zero attached hydrogens (tertiary/aromatic N) is 1. The van der Waals surface area contributed by atoms with Crippen LogP contribution in [0.5, 0.6) is 0 Å². The molecule has 3 rings (SSSR count). The molecule has 0 spiro atoms. The minimum absolute atomic E-state index is 0. The second-order valence-electron chi connectivity index (χ2n) is 5.24. The highest BCUT2D eigenvalue weighted by molar-refractivity contribution is 5.85. The van der Waals surface area contributed by atoms with Crippen molar-refractivity contribution in [2.75, 3.05) is 13.2 Å². The molecule has 0 bridgehead atoms. The summed E-state index contributed by atoms with van der Waals surface area (Å²) in [6, 6.07) is 21.4. The number of quaternary nitrogens is 1. The lowest BCUT2D eigenvalue weighted by Crippen LogP contribution is -2.50. The van der Waals surface area contributed by atoms with Crippen LogP contribution in [-0.2, 0) is 0 Å². The Morgan fingerprint density at radius 3 is 1.85 bits per heavy atom. The smallest absolute Gasteiger partial charge is 0.138 e. The second-order valence-corrected chi connectivity index (χ2v) is 5.24. The minimum Gasteiger partial charge on any atom is -0.390 e. The lowest BCUT2D eigenvalue weighted by molar-refractivity contribution is 0.200. The van der Waals surface area contributed by atoms with Crippen LogP contribution in [0, 0.1) is 0 Å². The molecule has 1 heterocycles. The van der Waals surface area contributed by atoms with Crippen molar-refractivity contribution in [2.45, 2.75) is 18.9 Å². The first kappa shape index (κ1) is 15.0. The number of rotatable bonds is 3. The standard InChI is InChI=1S/C17H20NO.ClH/c19-14-17-12-7-13-18(17,15-8-3-1-4-9-15)16-10-5-2-6-11-16;/h1-6,8-11,17,19H,7,12-14H2;1H/q+1;/t17-;/m0./s1. The molecule has 2 aromatic carbocycles. The monoisotopic (exact) mass is 290 g/mol. The number of aliphatic hydroxyl groups is 1. The van der Waals surface area contributed by atoms with Gasteiger partial charge in [0, 0.05) is 12.8 Å². The van der Waals surface area contributed by atoms with E-state index in [1.165, 1.54) is 11.4 Å². The van der Waals surface area contributed by atoms with Crippen LogP contribution in [0.3, 0.4) is 0 Å². The van der Waals surface area contributed by atoms with E-state index < -0.39 is 0 Å². The van der Waals surface area contributed by atoms with Gasteiger partial charge in [-0.15, -0.1) is 12.4 Å². The average molecular weight is 291 g/mol. The van der Waals surface area contributed by atoms with Crippen molar-refractivity contribution in [3.05, 3.63) is 60.7 Å². The number of aliphatic hydroxyl groups excluding tert-OH is 1. The quantitative estimate of drug-likeness (QED) is 0.850. The fourth-order valence-corrected chi connectivity index (χ4v) is 3.43. The molecule has 1 saturated heterocycles. The van der Waals surface area contributed by atoms with Crippen LogP contribution in [0.25, 0.3) is 0 Å². The van der Waals surface area contributed by atoms with Crippen LogP contribution in [0.4, 0.5) is 11.4 Å². The van der Waals surface area contributed by atoms with Gasteiger partial charge in [-0.1, -0.05) is 36.4 Å². The summed E-state index contributed by atoms with van der Waals surface area (Å²) < 4.78 is 0.790. The van der Waals surface area contributed by atoms with Gasteiger partial charge < -0.3 is 5.11 Å². The van der Waals surface area contributed by atoms with E-state index in [1.54, 1.807) is 0 Å². The van der Waals surface area contributed by atoms with Gasteiger partial charge in [0.15, 0.2) is 0 Å². The van der Waals surface area contributed by atoms with Gasteiger partial charge in [-0.25, -0.2) is 0 Å². The van der Waals surface area contributed by atoms with E-state index in [0.717, 1.165) is 23.9 Å². The average Bonchev–Trinajstić information content (AvgIpc) is 2.94. The summed E-state index contributed by atoms with van der Waals surface area (Å²) in [5.41, 5.74) is 2.57. The molecule has 106 valence electrons. The summed E-state index contributed by atoms with van der Waals surface area (Å²) in [6.07, 6.45) is 2.25.